The van der Waals surface area contributed by atoms with Gasteiger partial charge in [0.2, 0.25) is 0 Å². The molecule has 1 N–H and O–H groups in total. The number of Topliss-reactive ketones (excluding diaryl/α,β-unsaturated/α-hetero) is 1. The number of likely N-dealkylation sites (N-methyl/N-ethyl adjacent to an activating group) is 1. The minimum Gasteiger partial charge on any atom is -0.507 e. The van der Waals surface area contributed by atoms with Crippen molar-refractivity contribution in [2.45, 2.75) is 6.04 Å². The number of thiophene rings is 1. The Labute approximate surface area is 150 Å². The van der Waals surface area contributed by atoms with Gasteiger partial charge in [0.25, 0.3) is 11.7 Å². The summed E-state index contributed by atoms with van der Waals surface area (Å²) >= 11 is 1.47. The van der Waals surface area contributed by atoms with E-state index in [-0.39, 0.29) is 11.3 Å². The number of aliphatic hydroxyl groups excluding tert-OH is 1. The Morgan fingerprint density at radius 2 is 1.88 bits per heavy atom. The van der Waals surface area contributed by atoms with Gasteiger partial charge in [0.05, 0.1) is 11.6 Å². The third-order valence-corrected chi connectivity index (χ3v) is 5.11. The number of rotatable bonds is 5. The lowest BCUT2D eigenvalue weighted by atomic mass is 10.00. The van der Waals surface area contributed by atoms with Crippen LogP contribution in [0.15, 0.2) is 53.4 Å². The van der Waals surface area contributed by atoms with Gasteiger partial charge in [0.1, 0.15) is 5.76 Å². The van der Waals surface area contributed by atoms with Gasteiger partial charge in [-0.25, -0.2) is 0 Å². The average Bonchev–Trinajstić information content (AvgIpc) is 3.21. The zero-order chi connectivity index (χ0) is 18.0. The first-order chi connectivity index (χ1) is 12.0. The Balaban J connectivity index is 2.09. The molecule has 5 nitrogen and oxygen atoms in total. The number of benzene rings is 1. The highest BCUT2D eigenvalue weighted by Gasteiger charge is 2.46. The second-order valence-electron chi connectivity index (χ2n) is 6.18. The molecule has 6 heteroatoms. The monoisotopic (exact) mass is 356 g/mol. The molecule has 2 aromatic rings. The number of amides is 1. The SMILES string of the molecule is CN(C)CCN1C(=O)C(=O)C(=C(O)c2ccccc2)C1c1cccs1. The number of hydrogen-bond donors (Lipinski definition) is 1. The Hall–Kier alpha value is -2.44. The topological polar surface area (TPSA) is 60.9 Å². The normalized spacial score (nSPS) is 19.8. The first-order valence-electron chi connectivity index (χ1n) is 8.02. The second kappa shape index (κ2) is 7.21. The van der Waals surface area contributed by atoms with Crippen molar-refractivity contribution >= 4 is 28.8 Å². The van der Waals surface area contributed by atoms with Gasteiger partial charge in [-0.3, -0.25) is 9.59 Å². The zero-order valence-corrected chi connectivity index (χ0v) is 15.0. The smallest absolute Gasteiger partial charge is 0.295 e. The van der Waals surface area contributed by atoms with Crippen molar-refractivity contribution in [3.63, 3.8) is 0 Å². The van der Waals surface area contributed by atoms with Crippen molar-refractivity contribution in [3.05, 3.63) is 63.9 Å². The fourth-order valence-electron chi connectivity index (χ4n) is 2.91. The first-order valence-corrected chi connectivity index (χ1v) is 8.90. The molecule has 1 aliphatic rings. The summed E-state index contributed by atoms with van der Waals surface area (Å²) in [5.41, 5.74) is 0.701. The van der Waals surface area contributed by atoms with Crippen molar-refractivity contribution in [1.29, 1.82) is 0 Å². The molecule has 1 aliphatic heterocycles. The van der Waals surface area contributed by atoms with E-state index in [0.717, 1.165) is 4.88 Å². The fraction of sp³-hybridized carbons (Fsp3) is 0.263. The van der Waals surface area contributed by atoms with Crippen molar-refractivity contribution in [3.8, 4) is 0 Å². The highest BCUT2D eigenvalue weighted by Crippen LogP contribution is 2.40. The maximum atomic E-state index is 12.7. The highest BCUT2D eigenvalue weighted by atomic mass is 32.1. The maximum absolute atomic E-state index is 12.7. The van der Waals surface area contributed by atoms with E-state index < -0.39 is 17.7 Å². The van der Waals surface area contributed by atoms with Gasteiger partial charge in [-0.05, 0) is 25.5 Å². The summed E-state index contributed by atoms with van der Waals surface area (Å²) in [7, 11) is 3.83. The van der Waals surface area contributed by atoms with Gasteiger partial charge in [-0.2, -0.15) is 0 Å². The largest absolute Gasteiger partial charge is 0.507 e. The van der Waals surface area contributed by atoms with Crippen LogP contribution in [-0.2, 0) is 9.59 Å². The highest BCUT2D eigenvalue weighted by molar-refractivity contribution is 7.10. The average molecular weight is 356 g/mol. The molecule has 0 bridgehead atoms. The molecule has 25 heavy (non-hydrogen) atoms. The van der Waals surface area contributed by atoms with Crippen LogP contribution < -0.4 is 0 Å². The van der Waals surface area contributed by atoms with Gasteiger partial charge < -0.3 is 14.9 Å². The van der Waals surface area contributed by atoms with Crippen LogP contribution in [0.1, 0.15) is 16.5 Å². The van der Waals surface area contributed by atoms with Gasteiger partial charge >= 0.3 is 0 Å². The van der Waals surface area contributed by atoms with E-state index >= 15 is 0 Å². The quantitative estimate of drug-likeness (QED) is 0.508. The van der Waals surface area contributed by atoms with E-state index in [9.17, 15) is 14.7 Å². The van der Waals surface area contributed by atoms with Crippen LogP contribution >= 0.6 is 11.3 Å². The predicted octanol–water partition coefficient (Wildman–Crippen LogP) is 2.73. The van der Waals surface area contributed by atoms with E-state index in [4.69, 9.17) is 0 Å². The standard InChI is InChI=1S/C19H20N2O3S/c1-20(2)10-11-21-16(14-9-6-12-25-14)15(18(23)19(21)24)17(22)13-7-4-3-5-8-13/h3-9,12,16,22H,10-11H2,1-2H3. The summed E-state index contributed by atoms with van der Waals surface area (Å²) in [5.74, 6) is -1.30. The number of nitrogens with zero attached hydrogens (tertiary/aromatic N) is 2. The van der Waals surface area contributed by atoms with Crippen LogP contribution in [0.5, 0.6) is 0 Å². The lowest BCUT2D eigenvalue weighted by molar-refractivity contribution is -0.140. The molecule has 0 saturated carbocycles. The molecular formula is C19H20N2O3S. The van der Waals surface area contributed by atoms with Crippen LogP contribution in [0, 0.1) is 0 Å². The van der Waals surface area contributed by atoms with Gasteiger partial charge in [0.15, 0.2) is 0 Å². The predicted molar refractivity (Wildman–Crippen MR) is 98.3 cm³/mol. The molecule has 1 atom stereocenters. The van der Waals surface area contributed by atoms with Crippen molar-refractivity contribution < 1.29 is 14.7 Å². The molecule has 0 radical (unpaired) electrons. The molecule has 0 spiro atoms. The first kappa shape index (κ1) is 17.4. The van der Waals surface area contributed by atoms with Crippen LogP contribution in [0.25, 0.3) is 5.76 Å². The van der Waals surface area contributed by atoms with Crippen LogP contribution in [0.3, 0.4) is 0 Å². The van der Waals surface area contributed by atoms with E-state index in [1.165, 1.54) is 11.3 Å². The number of likely N-dealkylation sites (tertiary alicyclic amines) is 1. The number of hydrogen-bond acceptors (Lipinski definition) is 5. The fourth-order valence-corrected chi connectivity index (χ4v) is 3.76. The summed E-state index contributed by atoms with van der Waals surface area (Å²) in [4.78, 5) is 29.6. The minimum atomic E-state index is -0.626. The molecule has 1 aromatic heterocycles. The molecule has 130 valence electrons. The van der Waals surface area contributed by atoms with Gasteiger partial charge in [-0.15, -0.1) is 11.3 Å². The van der Waals surface area contributed by atoms with E-state index in [1.807, 2.05) is 42.6 Å². The number of aliphatic hydroxyl groups is 1. The molecule has 1 saturated heterocycles. The number of ketones is 1. The molecule has 0 aliphatic carbocycles. The summed E-state index contributed by atoms with van der Waals surface area (Å²) in [6.07, 6.45) is 0. The van der Waals surface area contributed by atoms with Gasteiger partial charge in [-0.1, -0.05) is 36.4 Å². The third-order valence-electron chi connectivity index (χ3n) is 4.19. The van der Waals surface area contributed by atoms with E-state index in [2.05, 4.69) is 0 Å². The second-order valence-corrected chi connectivity index (χ2v) is 7.16. The van der Waals surface area contributed by atoms with E-state index in [1.54, 1.807) is 29.2 Å². The molecule has 3 rings (SSSR count). The third kappa shape index (κ3) is 3.36. The lowest BCUT2D eigenvalue weighted by Gasteiger charge is -2.25. The van der Waals surface area contributed by atoms with Crippen LogP contribution in [-0.4, -0.2) is 53.8 Å². The Morgan fingerprint density at radius 1 is 1.16 bits per heavy atom. The summed E-state index contributed by atoms with van der Waals surface area (Å²) in [6, 6.07) is 12.1. The number of carbonyl (C=O) groups excluding carboxylic acids is 2. The molecule has 1 unspecified atom stereocenters. The lowest BCUT2D eigenvalue weighted by Crippen LogP contribution is -2.35. The zero-order valence-electron chi connectivity index (χ0n) is 14.2. The summed E-state index contributed by atoms with van der Waals surface area (Å²) in [6.45, 7) is 1.06. The van der Waals surface area contributed by atoms with Gasteiger partial charge in [0, 0.05) is 23.5 Å². The molecule has 1 fully saturated rings. The number of carbonyl (C=O) groups is 2. The Morgan fingerprint density at radius 3 is 2.48 bits per heavy atom. The molecule has 2 heterocycles. The van der Waals surface area contributed by atoms with E-state index in [0.29, 0.717) is 18.7 Å². The van der Waals surface area contributed by atoms with Crippen LogP contribution in [0.4, 0.5) is 0 Å². The Bertz CT molecular complexity index is 797. The molecule has 1 amide bonds. The van der Waals surface area contributed by atoms with Crippen LogP contribution in [0.2, 0.25) is 0 Å². The van der Waals surface area contributed by atoms with Crippen molar-refractivity contribution in [1.82, 2.24) is 9.80 Å². The summed E-state index contributed by atoms with van der Waals surface area (Å²) < 4.78 is 0. The minimum absolute atomic E-state index is 0.121. The Kier molecular flexibility index (Phi) is 5.01. The van der Waals surface area contributed by atoms with Crippen molar-refractivity contribution in [2.24, 2.45) is 0 Å². The summed E-state index contributed by atoms with van der Waals surface area (Å²) in [5, 5.41) is 12.7. The van der Waals surface area contributed by atoms with Crippen molar-refractivity contribution in [2.75, 3.05) is 27.2 Å². The molecular weight excluding hydrogens is 336 g/mol. The maximum Gasteiger partial charge on any atom is 0.295 e. The molecule has 1 aromatic carbocycles.